The van der Waals surface area contributed by atoms with Crippen LogP contribution in [-0.4, -0.2) is 17.3 Å². The SMILES string of the molecule is Cc1cc(C)c(C2CNC(=C3CC=CC([CH]=[Ru+4])=C3OC(C)C)N2c2c(C)cc(C)cc2C)c(C)c1.[Cl-].[Cl-].[Cl-].[Cl-]. The minimum Gasteiger partial charge on any atom is -1.00 e. The monoisotopic (exact) mass is 696 g/mol. The average Bonchev–Trinajstić information content (AvgIpc) is 3.16. The van der Waals surface area contributed by atoms with Crippen molar-refractivity contribution in [2.75, 3.05) is 11.4 Å². The molecule has 0 amide bonds. The van der Waals surface area contributed by atoms with Gasteiger partial charge in [-0.05, 0) is 0 Å². The van der Waals surface area contributed by atoms with Gasteiger partial charge >= 0.3 is 222 Å². The third-order valence-electron chi connectivity index (χ3n) is 6.87. The van der Waals surface area contributed by atoms with Crippen LogP contribution >= 0.6 is 0 Å². The standard InChI is InChI=1S/C31H38N2O.4ClH.Ru/c1-18(2)34-30-21(5)11-10-12-26(30)31-32-17-27(28-22(6)13-19(3)14-23(28)7)33(31)29-24(8)15-20(4)16-25(29)9;;;;;/h5,10-11,13-16,18,27,32H,12,17H2,1-4,6-9H3;4*1H;/q;;;;;+4/p-4. The summed E-state index contributed by atoms with van der Waals surface area (Å²) in [6.45, 7) is 18.4. The van der Waals surface area contributed by atoms with Crippen LogP contribution in [0.25, 0.3) is 0 Å². The summed E-state index contributed by atoms with van der Waals surface area (Å²) in [5.74, 6) is 2.14. The number of halogens is 4. The van der Waals surface area contributed by atoms with Crippen LogP contribution in [0.3, 0.4) is 0 Å². The molecule has 4 rings (SSSR count). The first-order valence-corrected chi connectivity index (χ1v) is 13.5. The number of aryl methyl sites for hydroxylation is 6. The summed E-state index contributed by atoms with van der Waals surface area (Å²) in [5.41, 5.74) is 13.0. The predicted octanol–water partition coefficient (Wildman–Crippen LogP) is -5.10. The number of nitrogens with one attached hydrogen (secondary N) is 1. The van der Waals surface area contributed by atoms with Gasteiger partial charge in [-0.3, -0.25) is 0 Å². The van der Waals surface area contributed by atoms with Crippen molar-refractivity contribution in [3.8, 4) is 0 Å². The van der Waals surface area contributed by atoms with Crippen LogP contribution in [0.1, 0.15) is 65.3 Å². The second kappa shape index (κ2) is 15.6. The van der Waals surface area contributed by atoms with Crippen molar-refractivity contribution in [3.05, 3.63) is 98.1 Å². The summed E-state index contributed by atoms with van der Waals surface area (Å²) >= 11 is 2.64. The van der Waals surface area contributed by atoms with Crippen LogP contribution in [0, 0.1) is 41.5 Å². The van der Waals surface area contributed by atoms with Gasteiger partial charge in [-0.2, -0.15) is 0 Å². The molecular formula is C31H38Cl4N2ORu. The van der Waals surface area contributed by atoms with Crippen LogP contribution in [0.15, 0.2) is 59.1 Å². The molecule has 1 atom stereocenters. The second-order valence-corrected chi connectivity index (χ2v) is 10.8. The number of ether oxygens (including phenoxy) is 1. The van der Waals surface area contributed by atoms with E-state index < -0.39 is 0 Å². The Balaban J connectivity index is 0.00000361. The molecule has 1 heterocycles. The normalized spacial score (nSPS) is 17.9. The molecule has 3 nitrogen and oxygen atoms in total. The predicted molar refractivity (Wildman–Crippen MR) is 145 cm³/mol. The Morgan fingerprint density at radius 3 is 1.87 bits per heavy atom. The Labute approximate surface area is 269 Å². The third kappa shape index (κ3) is 7.72. The second-order valence-electron chi connectivity index (χ2n) is 10.3. The van der Waals surface area contributed by atoms with E-state index in [4.69, 9.17) is 4.74 Å². The van der Waals surface area contributed by atoms with Crippen LogP contribution < -0.4 is 59.8 Å². The minimum atomic E-state index is 0. The molecule has 39 heavy (non-hydrogen) atoms. The largest absolute Gasteiger partial charge is 1.00 e. The molecule has 2 aromatic rings. The molecule has 2 aliphatic rings. The van der Waals surface area contributed by atoms with Gasteiger partial charge in [0.15, 0.2) is 0 Å². The molecule has 1 fully saturated rings. The number of hydrogen-bond donors (Lipinski definition) is 1. The summed E-state index contributed by atoms with van der Waals surface area (Å²) in [7, 11) is 0. The van der Waals surface area contributed by atoms with Gasteiger partial charge in [-0.15, -0.1) is 0 Å². The van der Waals surface area contributed by atoms with Crippen LogP contribution in [0.5, 0.6) is 0 Å². The van der Waals surface area contributed by atoms with E-state index in [9.17, 15) is 0 Å². The van der Waals surface area contributed by atoms with Gasteiger partial charge in [0.05, 0.1) is 0 Å². The molecule has 1 saturated heterocycles. The fourth-order valence-electron chi connectivity index (χ4n) is 5.85. The summed E-state index contributed by atoms with van der Waals surface area (Å²) in [5, 5.41) is 3.85. The molecule has 1 aliphatic carbocycles. The van der Waals surface area contributed by atoms with E-state index in [1.807, 2.05) is 0 Å². The zero-order valence-electron chi connectivity index (χ0n) is 23.8. The van der Waals surface area contributed by atoms with E-state index in [1.165, 1.54) is 50.2 Å². The van der Waals surface area contributed by atoms with Crippen molar-refractivity contribution in [2.45, 2.75) is 74.0 Å². The van der Waals surface area contributed by atoms with Gasteiger partial charge in [-0.25, -0.2) is 0 Å². The van der Waals surface area contributed by atoms with Crippen molar-refractivity contribution in [3.63, 3.8) is 0 Å². The Morgan fingerprint density at radius 1 is 0.872 bits per heavy atom. The van der Waals surface area contributed by atoms with E-state index in [2.05, 4.69) is 124 Å². The number of hydrogen-bond acceptors (Lipinski definition) is 3. The van der Waals surface area contributed by atoms with E-state index in [1.54, 1.807) is 0 Å². The van der Waals surface area contributed by atoms with E-state index in [-0.39, 0.29) is 61.8 Å². The molecular weight excluding hydrogens is 659 g/mol. The number of rotatable bonds is 5. The van der Waals surface area contributed by atoms with Crippen LogP contribution in [-0.2, 0) is 22.6 Å². The molecule has 1 N–H and O–H groups in total. The number of allylic oxidation sites excluding steroid dienone is 4. The average molecular weight is 698 g/mol. The topological polar surface area (TPSA) is 24.5 Å². The minimum absolute atomic E-state index is 0. The first-order valence-electron chi connectivity index (χ1n) is 12.5. The van der Waals surface area contributed by atoms with Gasteiger partial charge in [0.25, 0.3) is 0 Å². The van der Waals surface area contributed by atoms with Gasteiger partial charge in [-0.1, -0.05) is 0 Å². The number of anilines is 1. The summed E-state index contributed by atoms with van der Waals surface area (Å²) < 4.78 is 8.53. The van der Waals surface area contributed by atoms with Crippen LogP contribution in [0.4, 0.5) is 5.69 Å². The Hall–Kier alpha value is -1.29. The Kier molecular flexibility index (Phi) is 15.1. The first kappa shape index (κ1) is 37.7. The van der Waals surface area contributed by atoms with Gasteiger partial charge in [0.2, 0.25) is 0 Å². The van der Waals surface area contributed by atoms with E-state index >= 15 is 0 Å². The molecule has 1 aliphatic heterocycles. The van der Waals surface area contributed by atoms with Crippen molar-refractivity contribution in [2.24, 2.45) is 0 Å². The zero-order valence-corrected chi connectivity index (χ0v) is 28.6. The molecule has 0 bridgehead atoms. The van der Waals surface area contributed by atoms with E-state index in [0.717, 1.165) is 30.1 Å². The fraction of sp³-hybridized carbons (Fsp3) is 0.387. The third-order valence-corrected chi connectivity index (χ3v) is 7.41. The van der Waals surface area contributed by atoms with Crippen molar-refractivity contribution < 1.29 is 72.2 Å². The number of nitrogens with zero attached hydrogens (tertiary/aromatic N) is 1. The van der Waals surface area contributed by atoms with Gasteiger partial charge in [0, 0.05) is 0 Å². The Bertz CT molecular complexity index is 1240. The Morgan fingerprint density at radius 2 is 1.38 bits per heavy atom. The molecule has 1 unspecified atom stereocenters. The van der Waals surface area contributed by atoms with Crippen molar-refractivity contribution >= 4 is 10.3 Å². The maximum atomic E-state index is 6.45. The summed E-state index contributed by atoms with van der Waals surface area (Å²) in [6.07, 6.45) is 5.36. The molecule has 0 spiro atoms. The first-order chi connectivity index (χ1) is 16.6. The van der Waals surface area contributed by atoms with E-state index in [0.29, 0.717) is 0 Å². The number of benzene rings is 2. The summed E-state index contributed by atoms with van der Waals surface area (Å²) in [6, 6.07) is 9.45. The molecule has 2 aromatic carbocycles. The molecule has 0 aromatic heterocycles. The molecule has 214 valence electrons. The van der Waals surface area contributed by atoms with Gasteiger partial charge < -0.3 is 49.6 Å². The summed E-state index contributed by atoms with van der Waals surface area (Å²) in [4.78, 5) is 2.56. The van der Waals surface area contributed by atoms with Crippen molar-refractivity contribution in [1.82, 2.24) is 5.32 Å². The zero-order chi connectivity index (χ0) is 25.4. The molecule has 0 radical (unpaired) electrons. The smallest absolute Gasteiger partial charge is 1.00 e. The molecule has 8 heteroatoms. The maximum Gasteiger partial charge on any atom is -1.00 e. The van der Waals surface area contributed by atoms with Crippen LogP contribution in [0.2, 0.25) is 0 Å². The fourth-order valence-corrected chi connectivity index (χ4v) is 6.25. The maximum absolute atomic E-state index is 6.45. The van der Waals surface area contributed by atoms with Crippen molar-refractivity contribution in [1.29, 1.82) is 0 Å². The quantitative estimate of drug-likeness (QED) is 0.317. The van der Waals surface area contributed by atoms with Gasteiger partial charge in [0.1, 0.15) is 0 Å². The molecule has 0 saturated carbocycles.